The minimum atomic E-state index is 0.941. The van der Waals surface area contributed by atoms with Gasteiger partial charge >= 0.3 is 0 Å². The summed E-state index contributed by atoms with van der Waals surface area (Å²) >= 11 is 1.67. The van der Waals surface area contributed by atoms with Gasteiger partial charge in [0.2, 0.25) is 0 Å². The summed E-state index contributed by atoms with van der Waals surface area (Å²) in [6, 6.07) is 0. The van der Waals surface area contributed by atoms with E-state index in [9.17, 15) is 0 Å². The lowest BCUT2D eigenvalue weighted by Crippen LogP contribution is -1.82. The maximum Gasteiger partial charge on any atom is 0.0151 e. The van der Waals surface area contributed by atoms with Crippen molar-refractivity contribution in [2.75, 3.05) is 0 Å². The van der Waals surface area contributed by atoms with Crippen molar-refractivity contribution in [3.63, 3.8) is 0 Å². The van der Waals surface area contributed by atoms with Crippen LogP contribution in [-0.2, 0) is 0 Å². The average molecular weight is 216 g/mol. The van der Waals surface area contributed by atoms with E-state index in [0.717, 1.165) is 11.3 Å². The highest BCUT2D eigenvalue weighted by atomic mass is 32.2. The second kappa shape index (κ2) is 6.31. The maximum atomic E-state index is 3.99. The predicted molar refractivity (Wildman–Crippen MR) is 71.7 cm³/mol. The van der Waals surface area contributed by atoms with Gasteiger partial charge in [-0.15, -0.1) is 0 Å². The number of rotatable bonds is 2. The van der Waals surface area contributed by atoms with Crippen LogP contribution < -0.4 is 0 Å². The Kier molecular flexibility index (Phi) is 4.99. The molecule has 1 heteroatoms. The third-order valence-electron chi connectivity index (χ3n) is 1.98. The van der Waals surface area contributed by atoms with E-state index in [1.807, 2.05) is 25.2 Å². The van der Waals surface area contributed by atoms with Gasteiger partial charge in [0.1, 0.15) is 0 Å². The van der Waals surface area contributed by atoms with E-state index in [1.54, 1.807) is 11.8 Å². The average Bonchev–Trinajstić information content (AvgIpc) is 2.31. The molecule has 1 rings (SSSR count). The molecular formula is C14H16S. The Balaban J connectivity index is 3.07. The molecule has 0 spiro atoms. The first kappa shape index (κ1) is 11.9. The topological polar surface area (TPSA) is 0 Å². The van der Waals surface area contributed by atoms with Gasteiger partial charge in [0.25, 0.3) is 0 Å². The fourth-order valence-corrected chi connectivity index (χ4v) is 2.10. The van der Waals surface area contributed by atoms with Crippen molar-refractivity contribution in [3.05, 3.63) is 71.1 Å². The second-order valence-electron chi connectivity index (χ2n) is 3.15. The lowest BCUT2D eigenvalue weighted by Gasteiger charge is -2.06. The van der Waals surface area contributed by atoms with Crippen molar-refractivity contribution < 1.29 is 0 Å². The third-order valence-corrected chi connectivity index (χ3v) is 3.02. The van der Waals surface area contributed by atoms with Gasteiger partial charge in [-0.2, -0.15) is 0 Å². The van der Waals surface area contributed by atoms with Crippen molar-refractivity contribution in [2.24, 2.45) is 0 Å². The number of hydrogen-bond donors (Lipinski definition) is 0. The maximum absolute atomic E-state index is 3.99. The minimum absolute atomic E-state index is 0.941. The van der Waals surface area contributed by atoms with Crippen LogP contribution in [0.15, 0.2) is 71.1 Å². The SMILES string of the molecule is C=C/C1=C(\C=C/C)C/C=C\C=C/C(=C)S1. The van der Waals surface area contributed by atoms with Crippen LogP contribution in [0.25, 0.3) is 0 Å². The highest BCUT2D eigenvalue weighted by molar-refractivity contribution is 8.07. The molecule has 0 aromatic heterocycles. The molecule has 0 fully saturated rings. The van der Waals surface area contributed by atoms with Gasteiger partial charge in [0.05, 0.1) is 0 Å². The Labute approximate surface area is 96.5 Å². The highest BCUT2D eigenvalue weighted by Crippen LogP contribution is 2.31. The Morgan fingerprint density at radius 3 is 2.87 bits per heavy atom. The summed E-state index contributed by atoms with van der Waals surface area (Å²) in [5.74, 6) is 0. The van der Waals surface area contributed by atoms with E-state index in [0.29, 0.717) is 0 Å². The summed E-state index contributed by atoms with van der Waals surface area (Å²) in [4.78, 5) is 2.23. The summed E-state index contributed by atoms with van der Waals surface area (Å²) in [6.07, 6.45) is 15.3. The molecule has 0 aromatic carbocycles. The molecule has 0 aromatic rings. The summed E-state index contributed by atoms with van der Waals surface area (Å²) in [5.41, 5.74) is 1.29. The Bertz CT molecular complexity index is 365. The second-order valence-corrected chi connectivity index (χ2v) is 4.32. The molecule has 0 atom stereocenters. The van der Waals surface area contributed by atoms with Crippen molar-refractivity contribution in [1.82, 2.24) is 0 Å². The molecule has 0 radical (unpaired) electrons. The molecule has 0 N–H and O–H groups in total. The van der Waals surface area contributed by atoms with Crippen LogP contribution >= 0.6 is 11.8 Å². The zero-order valence-electron chi connectivity index (χ0n) is 9.07. The zero-order valence-corrected chi connectivity index (χ0v) is 9.89. The van der Waals surface area contributed by atoms with Gasteiger partial charge in [0.15, 0.2) is 0 Å². The molecule has 0 unspecified atom stereocenters. The first-order valence-electron chi connectivity index (χ1n) is 4.96. The molecule has 15 heavy (non-hydrogen) atoms. The number of thioether (sulfide) groups is 1. The van der Waals surface area contributed by atoms with Crippen LogP contribution in [0.2, 0.25) is 0 Å². The van der Waals surface area contributed by atoms with Crippen LogP contribution in [0.4, 0.5) is 0 Å². The van der Waals surface area contributed by atoms with Crippen molar-refractivity contribution in [2.45, 2.75) is 13.3 Å². The van der Waals surface area contributed by atoms with E-state index in [2.05, 4.69) is 37.5 Å². The number of hydrogen-bond acceptors (Lipinski definition) is 1. The molecule has 78 valence electrons. The molecule has 0 aliphatic carbocycles. The van der Waals surface area contributed by atoms with Crippen LogP contribution in [0.1, 0.15) is 13.3 Å². The zero-order chi connectivity index (χ0) is 11.1. The monoisotopic (exact) mass is 216 g/mol. The van der Waals surface area contributed by atoms with Gasteiger partial charge < -0.3 is 0 Å². The Morgan fingerprint density at radius 1 is 1.40 bits per heavy atom. The van der Waals surface area contributed by atoms with Crippen molar-refractivity contribution >= 4 is 11.8 Å². The van der Waals surface area contributed by atoms with Crippen LogP contribution in [0, 0.1) is 0 Å². The van der Waals surface area contributed by atoms with E-state index in [1.165, 1.54) is 10.5 Å². The summed E-state index contributed by atoms with van der Waals surface area (Å²) in [6.45, 7) is 9.87. The van der Waals surface area contributed by atoms with Crippen LogP contribution in [0.5, 0.6) is 0 Å². The molecule has 0 saturated heterocycles. The van der Waals surface area contributed by atoms with Crippen LogP contribution in [0.3, 0.4) is 0 Å². The van der Waals surface area contributed by atoms with Crippen LogP contribution in [-0.4, -0.2) is 0 Å². The quantitative estimate of drug-likeness (QED) is 0.641. The number of allylic oxidation sites excluding steroid dienone is 8. The molecule has 0 saturated carbocycles. The first-order valence-corrected chi connectivity index (χ1v) is 5.78. The standard InChI is InChI=1S/C14H16S/c1-4-9-13-11-8-6-7-10-12(3)15-14(13)5-2/h4-10H,2-3,11H2,1H3/b8-6-,9-4-,10-7-,14-13-. The highest BCUT2D eigenvalue weighted by Gasteiger charge is 2.02. The lowest BCUT2D eigenvalue weighted by molar-refractivity contribution is 1.27. The molecule has 0 nitrogen and oxygen atoms in total. The fourth-order valence-electron chi connectivity index (χ4n) is 1.30. The van der Waals surface area contributed by atoms with E-state index in [4.69, 9.17) is 0 Å². The fraction of sp³-hybridized carbons (Fsp3) is 0.143. The van der Waals surface area contributed by atoms with Gasteiger partial charge in [-0.05, 0) is 25.0 Å². The lowest BCUT2D eigenvalue weighted by atomic mass is 10.1. The molecule has 0 bridgehead atoms. The smallest absolute Gasteiger partial charge is 0.0151 e. The Morgan fingerprint density at radius 2 is 2.20 bits per heavy atom. The summed E-state index contributed by atoms with van der Waals surface area (Å²) < 4.78 is 0. The third kappa shape index (κ3) is 3.80. The molecule has 1 heterocycles. The van der Waals surface area contributed by atoms with Crippen molar-refractivity contribution in [3.8, 4) is 0 Å². The largest absolute Gasteiger partial charge is 0.0979 e. The molecule has 1 aliphatic heterocycles. The van der Waals surface area contributed by atoms with Gasteiger partial charge in [0, 0.05) is 9.81 Å². The summed E-state index contributed by atoms with van der Waals surface area (Å²) in [7, 11) is 0. The summed E-state index contributed by atoms with van der Waals surface area (Å²) in [5, 5.41) is 0. The van der Waals surface area contributed by atoms with E-state index < -0.39 is 0 Å². The first-order chi connectivity index (χ1) is 7.27. The van der Waals surface area contributed by atoms with Gasteiger partial charge in [-0.3, -0.25) is 0 Å². The minimum Gasteiger partial charge on any atom is -0.0979 e. The van der Waals surface area contributed by atoms with E-state index >= 15 is 0 Å². The predicted octanol–water partition coefficient (Wildman–Crippen LogP) is 4.77. The van der Waals surface area contributed by atoms with Gasteiger partial charge in [-0.1, -0.05) is 61.4 Å². The van der Waals surface area contributed by atoms with Crippen molar-refractivity contribution in [1.29, 1.82) is 0 Å². The molecule has 0 amide bonds. The normalized spacial score (nSPS) is 26.9. The molecular weight excluding hydrogens is 200 g/mol. The van der Waals surface area contributed by atoms with Gasteiger partial charge in [-0.25, -0.2) is 0 Å². The molecule has 1 aliphatic rings. The van der Waals surface area contributed by atoms with E-state index in [-0.39, 0.29) is 0 Å². The Hall–Kier alpha value is -1.21.